The van der Waals surface area contributed by atoms with Crippen LogP contribution < -0.4 is 15.6 Å². The van der Waals surface area contributed by atoms with Gasteiger partial charge in [-0.2, -0.15) is 0 Å². The lowest BCUT2D eigenvalue weighted by Gasteiger charge is -2.14. The summed E-state index contributed by atoms with van der Waals surface area (Å²) in [5, 5.41) is 2.72. The van der Waals surface area contributed by atoms with Gasteiger partial charge in [0.25, 0.3) is 11.5 Å². The lowest BCUT2D eigenvalue weighted by atomic mass is 10.2. The van der Waals surface area contributed by atoms with Crippen molar-refractivity contribution in [2.24, 2.45) is 0 Å². The zero-order chi connectivity index (χ0) is 18.7. The standard InChI is InChI=1S/C19H20N4O3/c1-12(2)21-18(24)16-19(25)23(17-14(22-16)8-6-10-20-17)11-13-7-4-5-9-15(13)26-3/h4-10,12H,11H2,1-3H3,(H,21,24). The molecule has 3 aromatic rings. The van der Waals surface area contributed by atoms with Crippen LogP contribution in [-0.2, 0) is 6.54 Å². The quantitative estimate of drug-likeness (QED) is 0.759. The average Bonchev–Trinajstić information content (AvgIpc) is 2.63. The number of nitrogens with one attached hydrogen (secondary N) is 1. The number of carbonyl (C=O) groups excluding carboxylic acids is 1. The lowest BCUT2D eigenvalue weighted by molar-refractivity contribution is 0.0936. The Kier molecular flexibility index (Phi) is 4.97. The topological polar surface area (TPSA) is 86.1 Å². The number of aromatic nitrogens is 3. The van der Waals surface area contributed by atoms with Gasteiger partial charge in [-0.25, -0.2) is 9.97 Å². The Hall–Kier alpha value is -3.22. The van der Waals surface area contributed by atoms with Crippen molar-refractivity contribution in [3.05, 3.63) is 64.2 Å². The highest BCUT2D eigenvalue weighted by Gasteiger charge is 2.19. The summed E-state index contributed by atoms with van der Waals surface area (Å²) < 4.78 is 6.82. The highest BCUT2D eigenvalue weighted by molar-refractivity contribution is 5.93. The van der Waals surface area contributed by atoms with Crippen LogP contribution in [-0.4, -0.2) is 33.6 Å². The first kappa shape index (κ1) is 17.6. The molecule has 134 valence electrons. The number of pyridine rings is 1. The molecule has 0 aliphatic rings. The summed E-state index contributed by atoms with van der Waals surface area (Å²) in [6.07, 6.45) is 1.59. The highest BCUT2D eigenvalue weighted by Crippen LogP contribution is 2.19. The third-order valence-electron chi connectivity index (χ3n) is 3.86. The first-order valence-corrected chi connectivity index (χ1v) is 8.29. The van der Waals surface area contributed by atoms with Gasteiger partial charge in [0.2, 0.25) is 0 Å². The van der Waals surface area contributed by atoms with Gasteiger partial charge in [-0.1, -0.05) is 18.2 Å². The number of benzene rings is 1. The highest BCUT2D eigenvalue weighted by atomic mass is 16.5. The second-order valence-electron chi connectivity index (χ2n) is 6.14. The maximum atomic E-state index is 13.0. The van der Waals surface area contributed by atoms with Gasteiger partial charge in [0, 0.05) is 17.8 Å². The molecule has 2 aromatic heterocycles. The molecule has 0 bridgehead atoms. The summed E-state index contributed by atoms with van der Waals surface area (Å²) in [6, 6.07) is 10.8. The Morgan fingerprint density at radius 2 is 2.00 bits per heavy atom. The maximum absolute atomic E-state index is 13.0. The molecule has 0 fully saturated rings. The van der Waals surface area contributed by atoms with Gasteiger partial charge in [-0.3, -0.25) is 14.2 Å². The van der Waals surface area contributed by atoms with Crippen LogP contribution >= 0.6 is 0 Å². The molecule has 0 unspecified atom stereocenters. The fraction of sp³-hybridized carbons (Fsp3) is 0.263. The molecule has 1 amide bonds. The molecule has 0 radical (unpaired) electrons. The SMILES string of the molecule is COc1ccccc1Cn1c(=O)c(C(=O)NC(C)C)nc2cccnc21. The minimum atomic E-state index is -0.496. The molecule has 3 rings (SSSR count). The lowest BCUT2D eigenvalue weighted by Crippen LogP contribution is -2.38. The van der Waals surface area contributed by atoms with E-state index in [1.54, 1.807) is 25.4 Å². The summed E-state index contributed by atoms with van der Waals surface area (Å²) in [4.78, 5) is 33.9. The van der Waals surface area contributed by atoms with Gasteiger partial charge in [-0.05, 0) is 32.0 Å². The molecule has 0 aliphatic carbocycles. The van der Waals surface area contributed by atoms with E-state index in [1.165, 1.54) is 4.57 Å². The fourth-order valence-electron chi connectivity index (χ4n) is 2.71. The monoisotopic (exact) mass is 352 g/mol. The Morgan fingerprint density at radius 1 is 1.23 bits per heavy atom. The van der Waals surface area contributed by atoms with E-state index in [2.05, 4.69) is 15.3 Å². The number of ether oxygens (including phenoxy) is 1. The van der Waals surface area contributed by atoms with E-state index in [-0.39, 0.29) is 18.3 Å². The molecule has 0 saturated heterocycles. The number of rotatable bonds is 5. The third-order valence-corrected chi connectivity index (χ3v) is 3.86. The number of fused-ring (bicyclic) bond motifs is 1. The molecule has 0 saturated carbocycles. The van der Waals surface area contributed by atoms with Crippen molar-refractivity contribution in [2.45, 2.75) is 26.4 Å². The third kappa shape index (κ3) is 3.42. The Balaban J connectivity index is 2.18. The van der Waals surface area contributed by atoms with E-state index < -0.39 is 11.5 Å². The van der Waals surface area contributed by atoms with Crippen LogP contribution in [0.3, 0.4) is 0 Å². The summed E-state index contributed by atoms with van der Waals surface area (Å²) in [7, 11) is 1.58. The van der Waals surface area contributed by atoms with E-state index in [0.717, 1.165) is 5.56 Å². The van der Waals surface area contributed by atoms with Crippen molar-refractivity contribution < 1.29 is 9.53 Å². The second-order valence-corrected chi connectivity index (χ2v) is 6.14. The van der Waals surface area contributed by atoms with Crippen LogP contribution in [0.1, 0.15) is 29.9 Å². The van der Waals surface area contributed by atoms with E-state index in [9.17, 15) is 9.59 Å². The number of hydrogen-bond acceptors (Lipinski definition) is 5. The normalized spacial score (nSPS) is 10.9. The molecule has 1 N–H and O–H groups in total. The Bertz CT molecular complexity index is 1010. The summed E-state index contributed by atoms with van der Waals surface area (Å²) in [5.74, 6) is 0.165. The van der Waals surface area contributed by atoms with Crippen LogP contribution in [0.15, 0.2) is 47.4 Å². The van der Waals surface area contributed by atoms with Crippen LogP contribution in [0.25, 0.3) is 11.2 Å². The predicted octanol–water partition coefficient (Wildman–Crippen LogP) is 1.99. The van der Waals surface area contributed by atoms with Crippen LogP contribution in [0, 0.1) is 0 Å². The van der Waals surface area contributed by atoms with Crippen molar-refractivity contribution in [2.75, 3.05) is 7.11 Å². The number of nitrogens with zero attached hydrogens (tertiary/aromatic N) is 3. The number of amides is 1. The fourth-order valence-corrected chi connectivity index (χ4v) is 2.71. The van der Waals surface area contributed by atoms with Crippen molar-refractivity contribution in [1.29, 1.82) is 0 Å². The molecule has 7 nitrogen and oxygen atoms in total. The summed E-state index contributed by atoms with van der Waals surface area (Å²) in [6.45, 7) is 3.88. The van der Waals surface area contributed by atoms with Gasteiger partial charge in [0.15, 0.2) is 11.3 Å². The second kappa shape index (κ2) is 7.35. The Labute approximate surface area is 150 Å². The predicted molar refractivity (Wildman–Crippen MR) is 98.5 cm³/mol. The van der Waals surface area contributed by atoms with Gasteiger partial charge >= 0.3 is 0 Å². The van der Waals surface area contributed by atoms with Crippen LogP contribution in [0.4, 0.5) is 0 Å². The first-order valence-electron chi connectivity index (χ1n) is 8.29. The molecular weight excluding hydrogens is 332 g/mol. The van der Waals surface area contributed by atoms with Crippen LogP contribution in [0.2, 0.25) is 0 Å². The van der Waals surface area contributed by atoms with Crippen LogP contribution in [0.5, 0.6) is 5.75 Å². The maximum Gasteiger partial charge on any atom is 0.284 e. The first-order chi connectivity index (χ1) is 12.5. The van der Waals surface area contributed by atoms with E-state index >= 15 is 0 Å². The van der Waals surface area contributed by atoms with Crippen molar-refractivity contribution in [3.63, 3.8) is 0 Å². The smallest absolute Gasteiger partial charge is 0.284 e. The van der Waals surface area contributed by atoms with Gasteiger partial charge in [0.05, 0.1) is 13.7 Å². The average molecular weight is 352 g/mol. The number of para-hydroxylation sites is 1. The summed E-state index contributed by atoms with van der Waals surface area (Å²) >= 11 is 0. The molecule has 2 heterocycles. The molecule has 0 aliphatic heterocycles. The van der Waals surface area contributed by atoms with Crippen molar-refractivity contribution in [3.8, 4) is 5.75 Å². The zero-order valence-corrected chi connectivity index (χ0v) is 14.9. The van der Waals surface area contributed by atoms with Gasteiger partial charge < -0.3 is 10.1 Å². The van der Waals surface area contributed by atoms with E-state index in [0.29, 0.717) is 16.9 Å². The van der Waals surface area contributed by atoms with Gasteiger partial charge in [0.1, 0.15) is 11.3 Å². The Morgan fingerprint density at radius 3 is 2.73 bits per heavy atom. The molecule has 7 heteroatoms. The molecule has 0 spiro atoms. The number of hydrogen-bond donors (Lipinski definition) is 1. The number of carbonyl (C=O) groups is 1. The zero-order valence-electron chi connectivity index (χ0n) is 14.9. The van der Waals surface area contributed by atoms with E-state index in [1.807, 2.05) is 38.1 Å². The van der Waals surface area contributed by atoms with Crippen molar-refractivity contribution in [1.82, 2.24) is 19.9 Å². The molecule has 0 atom stereocenters. The minimum Gasteiger partial charge on any atom is -0.496 e. The minimum absolute atomic E-state index is 0.101. The van der Waals surface area contributed by atoms with Crippen molar-refractivity contribution >= 4 is 17.1 Å². The van der Waals surface area contributed by atoms with Gasteiger partial charge in [-0.15, -0.1) is 0 Å². The number of methoxy groups -OCH3 is 1. The molecule has 1 aromatic carbocycles. The molecular formula is C19H20N4O3. The molecule has 26 heavy (non-hydrogen) atoms. The largest absolute Gasteiger partial charge is 0.496 e. The van der Waals surface area contributed by atoms with E-state index in [4.69, 9.17) is 4.74 Å². The summed E-state index contributed by atoms with van der Waals surface area (Å²) in [5.41, 5.74) is 1.08.